The molecule has 0 saturated carbocycles. The standard InChI is InChI=1S/C56H54FN9O9/c1-3-63-32-37(17-19-50(63)68)38-30-49(60-35(2)67)52(59-31-38)54(71)58-20-26-74-27-25-66(56(73)75-34-46-41-12-6-4-10-39(41)40-11-5-7-13-42(40)46)33-51(69)64-21-23-65(24-22-64)55(72)45-28-36(16-18-47(45)57)29-48-43-14-8-9-15-44(43)53(70)62-61-48/h4-19,28,30-32,46H,3,20-27,29,33-34H2,1-2H3,(H,58,71)(H,60,67)(H,62,70). The summed E-state index contributed by atoms with van der Waals surface area (Å²) in [6.07, 6.45) is 2.66. The highest BCUT2D eigenvalue weighted by molar-refractivity contribution is 6.02. The quantitative estimate of drug-likeness (QED) is 0.0922. The molecular weight excluding hydrogens is 962 g/mol. The minimum Gasteiger partial charge on any atom is -0.448 e. The Kier molecular flexibility index (Phi) is 15.6. The van der Waals surface area contributed by atoms with Crippen LogP contribution in [-0.4, -0.2) is 130 Å². The first-order chi connectivity index (χ1) is 36.4. The molecule has 0 spiro atoms. The van der Waals surface area contributed by atoms with Crippen molar-refractivity contribution >= 4 is 46.2 Å². The zero-order chi connectivity index (χ0) is 52.6. The Morgan fingerprint density at radius 1 is 0.813 bits per heavy atom. The number of nitrogens with one attached hydrogen (secondary N) is 3. The highest BCUT2D eigenvalue weighted by Gasteiger charge is 2.32. The first-order valence-corrected chi connectivity index (χ1v) is 24.6. The van der Waals surface area contributed by atoms with E-state index < -0.39 is 35.5 Å². The number of amides is 5. The average molecular weight is 1020 g/mol. The SMILES string of the molecule is CCn1cc(-c2cnc(C(=O)NCCOCCN(CC(=O)N3CCN(C(=O)c4cc(Cc5n[nH]c(=O)c6ccccc56)ccc4F)CC3)C(=O)OCC3c4ccccc4-c4ccccc43)c(NC(C)=O)c2)ccc1=O. The number of H-pyrrole nitrogens is 1. The Labute approximate surface area is 430 Å². The molecule has 18 nitrogen and oxygen atoms in total. The van der Waals surface area contributed by atoms with E-state index in [2.05, 4.69) is 25.8 Å². The van der Waals surface area contributed by atoms with Crippen LogP contribution in [0.4, 0.5) is 14.9 Å². The fourth-order valence-electron chi connectivity index (χ4n) is 9.49. The molecule has 384 valence electrons. The lowest BCUT2D eigenvalue weighted by Gasteiger charge is -2.36. The molecule has 75 heavy (non-hydrogen) atoms. The predicted molar refractivity (Wildman–Crippen MR) is 278 cm³/mol. The van der Waals surface area contributed by atoms with E-state index in [1.807, 2.05) is 55.5 Å². The van der Waals surface area contributed by atoms with Gasteiger partial charge in [-0.25, -0.2) is 19.3 Å². The number of carbonyl (C=O) groups excluding carboxylic acids is 5. The highest BCUT2D eigenvalue weighted by Crippen LogP contribution is 2.44. The van der Waals surface area contributed by atoms with E-state index in [0.717, 1.165) is 22.3 Å². The number of fused-ring (bicyclic) bond motifs is 4. The third-order valence-electron chi connectivity index (χ3n) is 13.4. The molecule has 2 aliphatic rings. The summed E-state index contributed by atoms with van der Waals surface area (Å²) in [5, 5.41) is 13.3. The Hall–Kier alpha value is -8.84. The van der Waals surface area contributed by atoms with Gasteiger partial charge in [-0.05, 0) is 70.6 Å². The first-order valence-electron chi connectivity index (χ1n) is 24.6. The van der Waals surface area contributed by atoms with Crippen LogP contribution in [0.3, 0.4) is 0 Å². The van der Waals surface area contributed by atoms with E-state index in [-0.39, 0.29) is 106 Å². The van der Waals surface area contributed by atoms with Crippen molar-refractivity contribution in [2.75, 3.05) is 71.0 Å². The number of benzene rings is 4. The van der Waals surface area contributed by atoms with Crippen LogP contribution in [0.1, 0.15) is 63.0 Å². The molecule has 1 aliphatic carbocycles. The predicted octanol–water partition coefficient (Wildman–Crippen LogP) is 5.84. The Balaban J connectivity index is 0.822. The molecule has 7 aromatic rings. The van der Waals surface area contributed by atoms with E-state index in [0.29, 0.717) is 39.7 Å². The van der Waals surface area contributed by atoms with Gasteiger partial charge in [0.05, 0.1) is 35.5 Å². The second kappa shape index (κ2) is 22.9. The summed E-state index contributed by atoms with van der Waals surface area (Å²) in [5.41, 5.74) is 6.12. The molecule has 0 radical (unpaired) electrons. The molecule has 4 aromatic carbocycles. The lowest BCUT2D eigenvalue weighted by molar-refractivity contribution is -0.133. The number of halogens is 1. The number of aryl methyl sites for hydroxylation is 1. The number of carbonyl (C=O) groups is 5. The fourth-order valence-corrected chi connectivity index (χ4v) is 9.49. The summed E-state index contributed by atoms with van der Waals surface area (Å²) < 4.78 is 28.7. The number of piperazine rings is 1. The average Bonchev–Trinajstić information content (AvgIpc) is 3.75. The Morgan fingerprint density at radius 3 is 2.23 bits per heavy atom. The zero-order valence-electron chi connectivity index (χ0n) is 41.3. The Morgan fingerprint density at radius 2 is 1.51 bits per heavy atom. The monoisotopic (exact) mass is 1020 g/mol. The first kappa shape index (κ1) is 51.1. The summed E-state index contributed by atoms with van der Waals surface area (Å²) in [5.74, 6) is -2.84. The minimum absolute atomic E-state index is 0.0155. The van der Waals surface area contributed by atoms with Crippen LogP contribution >= 0.6 is 0 Å². The zero-order valence-corrected chi connectivity index (χ0v) is 41.3. The van der Waals surface area contributed by atoms with Gasteiger partial charge in [-0.3, -0.25) is 33.7 Å². The van der Waals surface area contributed by atoms with Crippen molar-refractivity contribution in [3.05, 3.63) is 182 Å². The molecule has 3 N–H and O–H groups in total. The number of hydrogen-bond acceptors (Lipinski definition) is 11. The van der Waals surface area contributed by atoms with Gasteiger partial charge < -0.3 is 34.5 Å². The van der Waals surface area contributed by atoms with Crippen LogP contribution in [0, 0.1) is 5.82 Å². The van der Waals surface area contributed by atoms with Crippen LogP contribution < -0.4 is 21.8 Å². The lowest BCUT2D eigenvalue weighted by atomic mass is 9.98. The van der Waals surface area contributed by atoms with Gasteiger partial charge >= 0.3 is 6.09 Å². The normalized spacial score (nSPS) is 13.0. The van der Waals surface area contributed by atoms with Crippen LogP contribution in [0.2, 0.25) is 0 Å². The van der Waals surface area contributed by atoms with E-state index in [1.54, 1.807) is 53.6 Å². The van der Waals surface area contributed by atoms with Crippen molar-refractivity contribution in [3.8, 4) is 22.3 Å². The molecule has 9 rings (SSSR count). The summed E-state index contributed by atoms with van der Waals surface area (Å²) >= 11 is 0. The minimum atomic E-state index is -0.732. The molecule has 19 heteroatoms. The molecule has 4 heterocycles. The van der Waals surface area contributed by atoms with Gasteiger partial charge in [0.2, 0.25) is 11.8 Å². The van der Waals surface area contributed by atoms with Gasteiger partial charge in [-0.15, -0.1) is 0 Å². The van der Waals surface area contributed by atoms with E-state index in [9.17, 15) is 33.6 Å². The third kappa shape index (κ3) is 11.5. The molecule has 1 saturated heterocycles. The molecule has 0 bridgehead atoms. The smallest absolute Gasteiger partial charge is 0.410 e. The fraction of sp³-hybridized carbons (Fsp3) is 0.268. The van der Waals surface area contributed by atoms with Gasteiger partial charge in [0.15, 0.2) is 5.69 Å². The van der Waals surface area contributed by atoms with E-state index in [4.69, 9.17) is 9.47 Å². The summed E-state index contributed by atoms with van der Waals surface area (Å²) in [7, 11) is 0. The molecule has 5 amide bonds. The molecule has 1 fully saturated rings. The number of aromatic nitrogens is 4. The van der Waals surface area contributed by atoms with Crippen molar-refractivity contribution in [2.24, 2.45) is 0 Å². The van der Waals surface area contributed by atoms with Crippen LogP contribution in [0.15, 0.2) is 131 Å². The summed E-state index contributed by atoms with van der Waals surface area (Å²) in [6, 6.07) is 31.9. The van der Waals surface area contributed by atoms with Crippen molar-refractivity contribution in [2.45, 2.75) is 32.7 Å². The van der Waals surface area contributed by atoms with Gasteiger partial charge in [0.1, 0.15) is 19.0 Å². The van der Waals surface area contributed by atoms with Crippen LogP contribution in [0.5, 0.6) is 0 Å². The van der Waals surface area contributed by atoms with Gasteiger partial charge in [-0.1, -0.05) is 72.8 Å². The van der Waals surface area contributed by atoms with Crippen LogP contribution in [0.25, 0.3) is 33.0 Å². The molecular formula is C56H54FN9O9. The molecule has 1 aliphatic heterocycles. The number of hydrogen-bond donors (Lipinski definition) is 3. The van der Waals surface area contributed by atoms with E-state index >= 15 is 4.39 Å². The van der Waals surface area contributed by atoms with Gasteiger partial charge in [0.25, 0.3) is 22.9 Å². The summed E-state index contributed by atoms with van der Waals surface area (Å²) in [4.78, 5) is 100. The Bertz CT molecular complexity index is 3400. The maximum atomic E-state index is 15.3. The topological polar surface area (TPSA) is 218 Å². The third-order valence-corrected chi connectivity index (χ3v) is 13.4. The largest absolute Gasteiger partial charge is 0.448 e. The molecule has 0 atom stereocenters. The number of pyridine rings is 2. The van der Waals surface area contributed by atoms with E-state index in [1.165, 1.54) is 45.7 Å². The van der Waals surface area contributed by atoms with Crippen LogP contribution in [-0.2, 0) is 32.0 Å². The lowest BCUT2D eigenvalue weighted by Crippen LogP contribution is -2.53. The molecule has 0 unspecified atom stereocenters. The van der Waals surface area contributed by atoms with Gasteiger partial charge in [0, 0.05) is 94.5 Å². The number of nitrogens with zero attached hydrogens (tertiary/aromatic N) is 6. The van der Waals surface area contributed by atoms with Gasteiger partial charge in [-0.2, -0.15) is 5.10 Å². The van der Waals surface area contributed by atoms with Crippen molar-refractivity contribution < 1.29 is 37.8 Å². The van der Waals surface area contributed by atoms with Crippen molar-refractivity contribution in [1.29, 1.82) is 0 Å². The number of rotatable bonds is 17. The highest BCUT2D eigenvalue weighted by atomic mass is 19.1. The summed E-state index contributed by atoms with van der Waals surface area (Å²) in [6.45, 7) is 3.73. The molecule has 3 aromatic heterocycles. The second-order valence-electron chi connectivity index (χ2n) is 18.1. The maximum Gasteiger partial charge on any atom is 0.410 e. The van der Waals surface area contributed by atoms with Crippen molar-refractivity contribution in [3.63, 3.8) is 0 Å². The number of ether oxygens (including phenoxy) is 2. The van der Waals surface area contributed by atoms with Crippen molar-refractivity contribution in [1.82, 2.24) is 39.8 Å². The number of aromatic amines is 1. The number of anilines is 1. The second-order valence-corrected chi connectivity index (χ2v) is 18.1. The maximum absolute atomic E-state index is 15.3.